The molecule has 40 heavy (non-hydrogen) atoms. The number of rotatable bonds is 7. The molecule has 11 heteroatoms. The van der Waals surface area contributed by atoms with Gasteiger partial charge in [0.2, 0.25) is 11.8 Å². The number of hydrogen-bond donors (Lipinski definition) is 3. The highest BCUT2D eigenvalue weighted by molar-refractivity contribution is 5.97. The van der Waals surface area contributed by atoms with Crippen LogP contribution >= 0.6 is 0 Å². The van der Waals surface area contributed by atoms with Gasteiger partial charge in [-0.1, -0.05) is 18.2 Å². The first-order valence-corrected chi connectivity index (χ1v) is 13.1. The molecule has 2 aromatic carbocycles. The Morgan fingerprint density at radius 3 is 2.05 bits per heavy atom. The summed E-state index contributed by atoms with van der Waals surface area (Å²) in [6.07, 6.45) is -1.22. The van der Waals surface area contributed by atoms with Gasteiger partial charge in [-0.3, -0.25) is 14.5 Å². The monoisotopic (exact) mass is 554 g/mol. The number of carbonyl (C=O) groups is 4. The van der Waals surface area contributed by atoms with Gasteiger partial charge < -0.3 is 30.2 Å². The number of nitrogens with one attached hydrogen (secondary N) is 3. The molecule has 3 N–H and O–H groups in total. The second-order valence-electron chi connectivity index (χ2n) is 11.4. The summed E-state index contributed by atoms with van der Waals surface area (Å²) in [5.41, 5.74) is -0.954. The van der Waals surface area contributed by atoms with Crippen LogP contribution in [0.3, 0.4) is 0 Å². The number of nitrogens with zero attached hydrogens (tertiary/aromatic N) is 1. The van der Waals surface area contributed by atoms with Crippen LogP contribution in [0.5, 0.6) is 11.5 Å². The zero-order valence-electron chi connectivity index (χ0n) is 23.8. The summed E-state index contributed by atoms with van der Waals surface area (Å²) < 4.78 is 16.4. The number of ether oxygens (including phenoxy) is 3. The maximum Gasteiger partial charge on any atom is 0.411 e. The first kappa shape index (κ1) is 30.3. The molecule has 1 aliphatic heterocycles. The standard InChI is InChI=1S/C29H38N4O7/c1-28(2,3)39-26(36)30-17-24(34)31-20-16-23(33(18-20)27(37)40-29(4,5)6)25(35)32-19-12-14-22(15-13-19)38-21-10-8-7-9-11-21/h7-15,20,23H,16-18H2,1-6H3,(H,30,36)(H,31,34)(H,32,35)/t20-,23+/m1/s1. The van der Waals surface area contributed by atoms with Crippen LogP contribution in [0.25, 0.3) is 0 Å². The first-order valence-electron chi connectivity index (χ1n) is 13.1. The summed E-state index contributed by atoms with van der Waals surface area (Å²) >= 11 is 0. The van der Waals surface area contributed by atoms with E-state index in [4.69, 9.17) is 14.2 Å². The highest BCUT2D eigenvalue weighted by Crippen LogP contribution is 2.25. The SMILES string of the molecule is CC(C)(C)OC(=O)NCC(=O)N[C@@H]1C[C@@H](C(=O)Nc2ccc(Oc3ccccc3)cc2)N(C(=O)OC(C)(C)C)C1. The first-order chi connectivity index (χ1) is 18.7. The van der Waals surface area contributed by atoms with Crippen molar-refractivity contribution in [3.8, 4) is 11.5 Å². The molecule has 2 atom stereocenters. The molecule has 2 aromatic rings. The number of benzene rings is 2. The lowest BCUT2D eigenvalue weighted by molar-refractivity contribution is -0.121. The van der Waals surface area contributed by atoms with Crippen LogP contribution < -0.4 is 20.7 Å². The Labute approximate surface area is 234 Å². The molecule has 11 nitrogen and oxygen atoms in total. The normalized spacial score (nSPS) is 17.0. The van der Waals surface area contributed by atoms with Crippen molar-refractivity contribution in [2.24, 2.45) is 0 Å². The molecule has 4 amide bonds. The fourth-order valence-electron chi connectivity index (χ4n) is 3.91. The summed E-state index contributed by atoms with van der Waals surface area (Å²) in [5.74, 6) is 0.386. The van der Waals surface area contributed by atoms with Crippen LogP contribution in [0.1, 0.15) is 48.0 Å². The second kappa shape index (κ2) is 12.7. The van der Waals surface area contributed by atoms with Gasteiger partial charge in [-0.15, -0.1) is 0 Å². The average Bonchev–Trinajstić information content (AvgIpc) is 3.27. The Bertz CT molecular complexity index is 1190. The lowest BCUT2D eigenvalue weighted by Gasteiger charge is -2.28. The van der Waals surface area contributed by atoms with Crippen molar-refractivity contribution in [2.75, 3.05) is 18.4 Å². The van der Waals surface area contributed by atoms with E-state index in [0.29, 0.717) is 17.2 Å². The average molecular weight is 555 g/mol. The van der Waals surface area contributed by atoms with Gasteiger partial charge in [-0.05, 0) is 84.4 Å². The fraction of sp³-hybridized carbons (Fsp3) is 0.448. The van der Waals surface area contributed by atoms with E-state index < -0.39 is 47.3 Å². The molecule has 0 unspecified atom stereocenters. The number of amides is 4. The zero-order chi connectivity index (χ0) is 29.5. The van der Waals surface area contributed by atoms with Crippen molar-refractivity contribution in [1.29, 1.82) is 0 Å². The molecular formula is C29H38N4O7. The number of hydrogen-bond acceptors (Lipinski definition) is 7. The summed E-state index contributed by atoms with van der Waals surface area (Å²) in [6.45, 7) is 10.1. The predicted octanol–water partition coefficient (Wildman–Crippen LogP) is 4.44. The van der Waals surface area contributed by atoms with Crippen LogP contribution in [0.4, 0.5) is 15.3 Å². The van der Waals surface area contributed by atoms with E-state index in [2.05, 4.69) is 16.0 Å². The van der Waals surface area contributed by atoms with Gasteiger partial charge in [0.15, 0.2) is 0 Å². The number of anilines is 1. The molecular weight excluding hydrogens is 516 g/mol. The third kappa shape index (κ3) is 9.79. The second-order valence-corrected chi connectivity index (χ2v) is 11.4. The van der Waals surface area contributed by atoms with Gasteiger partial charge in [0.25, 0.3) is 0 Å². The van der Waals surface area contributed by atoms with Gasteiger partial charge >= 0.3 is 12.2 Å². The van der Waals surface area contributed by atoms with E-state index in [0.717, 1.165) is 0 Å². The van der Waals surface area contributed by atoms with Crippen LogP contribution in [0.15, 0.2) is 54.6 Å². The lowest BCUT2D eigenvalue weighted by Crippen LogP contribution is -2.46. The minimum atomic E-state index is -0.890. The van der Waals surface area contributed by atoms with Crippen LogP contribution in [-0.4, -0.2) is 65.3 Å². The Morgan fingerprint density at radius 2 is 1.45 bits per heavy atom. The summed E-state index contributed by atoms with van der Waals surface area (Å²) in [6, 6.07) is 14.7. The van der Waals surface area contributed by atoms with Gasteiger partial charge in [0.05, 0.1) is 0 Å². The highest BCUT2D eigenvalue weighted by atomic mass is 16.6. The molecule has 0 saturated carbocycles. The molecule has 1 fully saturated rings. The maximum absolute atomic E-state index is 13.3. The third-order valence-corrected chi connectivity index (χ3v) is 5.49. The van der Waals surface area contributed by atoms with E-state index in [1.54, 1.807) is 65.8 Å². The fourth-order valence-corrected chi connectivity index (χ4v) is 3.91. The maximum atomic E-state index is 13.3. The van der Waals surface area contributed by atoms with E-state index in [1.807, 2.05) is 30.3 Å². The Kier molecular flexibility index (Phi) is 9.62. The molecule has 1 saturated heterocycles. The molecule has 0 spiro atoms. The number of para-hydroxylation sites is 1. The molecule has 216 valence electrons. The van der Waals surface area contributed by atoms with E-state index in [1.165, 1.54) is 4.90 Å². The molecule has 3 rings (SSSR count). The molecule has 0 radical (unpaired) electrons. The van der Waals surface area contributed by atoms with Crippen molar-refractivity contribution in [2.45, 2.75) is 71.2 Å². The molecule has 0 bridgehead atoms. The van der Waals surface area contributed by atoms with E-state index >= 15 is 0 Å². The molecule has 0 aromatic heterocycles. The number of alkyl carbamates (subject to hydrolysis) is 1. The minimum Gasteiger partial charge on any atom is -0.457 e. The van der Waals surface area contributed by atoms with Crippen LogP contribution in [0, 0.1) is 0 Å². The van der Waals surface area contributed by atoms with Gasteiger partial charge in [0.1, 0.15) is 35.3 Å². The van der Waals surface area contributed by atoms with Crippen LogP contribution in [0.2, 0.25) is 0 Å². The van der Waals surface area contributed by atoms with Crippen molar-refractivity contribution >= 4 is 29.7 Å². The summed E-state index contributed by atoms with van der Waals surface area (Å²) in [5, 5.41) is 7.99. The smallest absolute Gasteiger partial charge is 0.411 e. The lowest BCUT2D eigenvalue weighted by atomic mass is 10.1. The highest BCUT2D eigenvalue weighted by Gasteiger charge is 2.42. The summed E-state index contributed by atoms with van der Waals surface area (Å²) in [4.78, 5) is 51.9. The molecule has 1 aliphatic rings. The van der Waals surface area contributed by atoms with Crippen molar-refractivity contribution in [3.05, 3.63) is 54.6 Å². The van der Waals surface area contributed by atoms with Crippen molar-refractivity contribution in [1.82, 2.24) is 15.5 Å². The number of carbonyl (C=O) groups excluding carboxylic acids is 4. The molecule has 1 heterocycles. The predicted molar refractivity (Wildman–Crippen MR) is 149 cm³/mol. The van der Waals surface area contributed by atoms with Crippen LogP contribution in [-0.2, 0) is 19.1 Å². The third-order valence-electron chi connectivity index (χ3n) is 5.49. The Morgan fingerprint density at radius 1 is 0.850 bits per heavy atom. The van der Waals surface area contributed by atoms with Crippen molar-refractivity contribution in [3.63, 3.8) is 0 Å². The molecule has 0 aliphatic carbocycles. The Hall–Kier alpha value is -4.28. The van der Waals surface area contributed by atoms with Crippen molar-refractivity contribution < 1.29 is 33.4 Å². The topological polar surface area (TPSA) is 135 Å². The van der Waals surface area contributed by atoms with E-state index in [-0.39, 0.29) is 19.5 Å². The summed E-state index contributed by atoms with van der Waals surface area (Å²) in [7, 11) is 0. The van der Waals surface area contributed by atoms with E-state index in [9.17, 15) is 19.2 Å². The minimum absolute atomic E-state index is 0.0645. The number of likely N-dealkylation sites (tertiary alicyclic amines) is 1. The zero-order valence-corrected chi connectivity index (χ0v) is 23.8. The largest absolute Gasteiger partial charge is 0.457 e. The van der Waals surface area contributed by atoms with Gasteiger partial charge in [-0.2, -0.15) is 0 Å². The van der Waals surface area contributed by atoms with Gasteiger partial charge in [-0.25, -0.2) is 9.59 Å². The quantitative estimate of drug-likeness (QED) is 0.461. The van der Waals surface area contributed by atoms with Gasteiger partial charge in [0, 0.05) is 18.3 Å². The Balaban J connectivity index is 1.63.